The Hall–Kier alpha value is -5.23. The molecule has 0 aliphatic rings. The Balaban J connectivity index is 1.52. The monoisotopic (exact) mass is 552 g/mol. The average molecular weight is 553 g/mol. The Labute approximate surface area is 237 Å². The summed E-state index contributed by atoms with van der Waals surface area (Å²) in [7, 11) is 7.59. The third-order valence-corrected chi connectivity index (χ3v) is 6.54. The van der Waals surface area contributed by atoms with E-state index < -0.39 is 0 Å². The number of rotatable bonds is 11. The summed E-state index contributed by atoms with van der Waals surface area (Å²) in [6.07, 6.45) is 8.36. The predicted molar refractivity (Wildman–Crippen MR) is 161 cm³/mol. The molecule has 5 aromatic rings. The summed E-state index contributed by atoms with van der Waals surface area (Å²) in [6.45, 7) is 5.16. The third kappa shape index (κ3) is 5.87. The number of H-pyrrole nitrogens is 1. The molecule has 0 aliphatic carbocycles. The minimum atomic E-state index is -0.317. The highest BCUT2D eigenvalue weighted by Crippen LogP contribution is 2.38. The van der Waals surface area contributed by atoms with Gasteiger partial charge in [-0.25, -0.2) is 4.98 Å². The van der Waals surface area contributed by atoms with Crippen LogP contribution in [0, 0.1) is 0 Å². The molecule has 0 unspecified atom stereocenters. The van der Waals surface area contributed by atoms with Crippen molar-refractivity contribution in [2.75, 3.05) is 56.9 Å². The molecule has 0 bridgehead atoms. The molecule has 0 saturated carbocycles. The quantitative estimate of drug-likeness (QED) is 0.208. The molecular weight excluding hydrogens is 520 g/mol. The number of amides is 1. The van der Waals surface area contributed by atoms with E-state index in [2.05, 4.69) is 47.2 Å². The predicted octanol–water partition coefficient (Wildman–Crippen LogP) is 4.08. The molecular formula is C29H32N10O2. The fraction of sp³-hybridized carbons (Fsp3) is 0.207. The molecule has 210 valence electrons. The zero-order chi connectivity index (χ0) is 28.9. The highest BCUT2D eigenvalue weighted by atomic mass is 16.5. The second kappa shape index (κ2) is 11.9. The normalized spacial score (nSPS) is 11.0. The van der Waals surface area contributed by atoms with Crippen LogP contribution in [0.25, 0.3) is 28.1 Å². The van der Waals surface area contributed by atoms with Gasteiger partial charge in [-0.1, -0.05) is 6.58 Å². The van der Waals surface area contributed by atoms with E-state index in [1.54, 1.807) is 25.7 Å². The Bertz CT molecular complexity index is 1680. The number of hydrogen-bond acceptors (Lipinski definition) is 9. The highest BCUT2D eigenvalue weighted by molar-refractivity contribution is 6.02. The number of carbonyl (C=O) groups is 1. The van der Waals surface area contributed by atoms with Crippen LogP contribution in [0.1, 0.15) is 0 Å². The number of anilines is 4. The van der Waals surface area contributed by atoms with Crippen molar-refractivity contribution in [3.63, 3.8) is 0 Å². The lowest BCUT2D eigenvalue weighted by Crippen LogP contribution is -2.29. The van der Waals surface area contributed by atoms with Gasteiger partial charge in [0, 0.05) is 56.6 Å². The minimum absolute atomic E-state index is 0.317. The summed E-state index contributed by atoms with van der Waals surface area (Å²) in [6, 6.07) is 11.3. The van der Waals surface area contributed by atoms with Crippen molar-refractivity contribution in [3.8, 4) is 22.8 Å². The van der Waals surface area contributed by atoms with E-state index in [9.17, 15) is 4.79 Å². The smallest absolute Gasteiger partial charge is 0.247 e. The van der Waals surface area contributed by atoms with Crippen LogP contribution in [0.2, 0.25) is 0 Å². The number of pyridine rings is 1. The number of carbonyl (C=O) groups excluding carboxylic acids is 1. The number of nitrogens with zero attached hydrogens (tertiary/aromatic N) is 7. The van der Waals surface area contributed by atoms with Crippen LogP contribution in [0.5, 0.6) is 5.75 Å². The number of hydrogen-bond donors (Lipinski definition) is 3. The zero-order valence-corrected chi connectivity index (χ0v) is 23.4. The molecule has 4 aromatic heterocycles. The Morgan fingerprint density at radius 1 is 1.10 bits per heavy atom. The van der Waals surface area contributed by atoms with Gasteiger partial charge in [0.15, 0.2) is 0 Å². The SMILES string of the molecule is C=CC(=O)Nc1cc(Nc2nccc(-n3cc(-c4ccn[nH]4)c4ncccc43)n2)c(OC)cc1N(C)CCN(C)C. The summed E-state index contributed by atoms with van der Waals surface area (Å²) in [5.74, 6) is 1.25. The number of methoxy groups -OCH3 is 1. The van der Waals surface area contributed by atoms with Gasteiger partial charge in [-0.15, -0.1) is 0 Å². The maximum absolute atomic E-state index is 12.3. The summed E-state index contributed by atoms with van der Waals surface area (Å²) in [4.78, 5) is 30.3. The van der Waals surface area contributed by atoms with E-state index >= 15 is 0 Å². The molecule has 3 N–H and O–H groups in total. The summed E-state index contributed by atoms with van der Waals surface area (Å²) < 4.78 is 7.69. The third-order valence-electron chi connectivity index (χ3n) is 6.54. The number of aromatic amines is 1. The number of aromatic nitrogens is 6. The van der Waals surface area contributed by atoms with E-state index in [-0.39, 0.29) is 5.91 Å². The van der Waals surface area contributed by atoms with Crippen LogP contribution in [-0.2, 0) is 4.79 Å². The lowest BCUT2D eigenvalue weighted by Gasteiger charge is -2.26. The average Bonchev–Trinajstić information content (AvgIpc) is 3.64. The van der Waals surface area contributed by atoms with E-state index in [0.717, 1.165) is 41.1 Å². The summed E-state index contributed by atoms with van der Waals surface area (Å²) in [5.41, 5.74) is 5.46. The molecule has 0 radical (unpaired) electrons. The van der Waals surface area contributed by atoms with Gasteiger partial charge < -0.3 is 25.2 Å². The molecule has 0 atom stereocenters. The maximum atomic E-state index is 12.3. The van der Waals surface area contributed by atoms with Crippen molar-refractivity contribution in [2.24, 2.45) is 0 Å². The van der Waals surface area contributed by atoms with Gasteiger partial charge in [0.05, 0.1) is 40.9 Å². The first kappa shape index (κ1) is 27.3. The van der Waals surface area contributed by atoms with Crippen LogP contribution < -0.4 is 20.3 Å². The van der Waals surface area contributed by atoms with E-state index in [1.807, 2.05) is 68.3 Å². The number of benzene rings is 1. The molecule has 12 heteroatoms. The second-order valence-electron chi connectivity index (χ2n) is 9.61. The van der Waals surface area contributed by atoms with Crippen LogP contribution >= 0.6 is 0 Å². The molecule has 1 amide bonds. The first-order valence-corrected chi connectivity index (χ1v) is 13.0. The van der Waals surface area contributed by atoms with E-state index in [0.29, 0.717) is 28.9 Å². The van der Waals surface area contributed by atoms with Crippen molar-refractivity contribution >= 4 is 40.0 Å². The van der Waals surface area contributed by atoms with E-state index in [4.69, 9.17) is 9.72 Å². The zero-order valence-electron chi connectivity index (χ0n) is 23.4. The largest absolute Gasteiger partial charge is 0.494 e. The van der Waals surface area contributed by atoms with Crippen LogP contribution in [0.3, 0.4) is 0 Å². The van der Waals surface area contributed by atoms with Gasteiger partial charge >= 0.3 is 0 Å². The van der Waals surface area contributed by atoms with Crippen molar-refractivity contribution in [3.05, 3.63) is 73.8 Å². The molecule has 0 fully saturated rings. The number of likely N-dealkylation sites (N-methyl/N-ethyl adjacent to an activating group) is 2. The van der Waals surface area contributed by atoms with Gasteiger partial charge in [-0.2, -0.15) is 10.1 Å². The fourth-order valence-electron chi connectivity index (χ4n) is 4.42. The van der Waals surface area contributed by atoms with Gasteiger partial charge in [0.2, 0.25) is 11.9 Å². The number of ether oxygens (including phenoxy) is 1. The lowest BCUT2D eigenvalue weighted by molar-refractivity contribution is -0.111. The van der Waals surface area contributed by atoms with Gasteiger partial charge in [-0.3, -0.25) is 19.4 Å². The summed E-state index contributed by atoms with van der Waals surface area (Å²) >= 11 is 0. The first-order valence-electron chi connectivity index (χ1n) is 13.0. The topological polar surface area (TPSA) is 129 Å². The first-order chi connectivity index (χ1) is 19.9. The molecule has 1 aromatic carbocycles. The molecule has 0 aliphatic heterocycles. The lowest BCUT2D eigenvalue weighted by atomic mass is 10.2. The fourth-order valence-corrected chi connectivity index (χ4v) is 4.42. The summed E-state index contributed by atoms with van der Waals surface area (Å²) in [5, 5.41) is 13.3. The number of fused-ring (bicyclic) bond motifs is 1. The molecule has 4 heterocycles. The standard InChI is InChI=1S/C29H32N10O2/c1-6-27(40)33-21-16-22(25(41-5)17-24(21)38(4)15-14-37(2)3)34-29-31-12-10-26(35-29)39-18-19(20-9-13-32-36-20)28-23(39)8-7-11-30-28/h6-13,16-18H,1,14-15H2,2-5H3,(H,32,36)(H,33,40)(H,31,34,35). The van der Waals surface area contributed by atoms with Crippen molar-refractivity contribution in [1.29, 1.82) is 0 Å². The Morgan fingerprint density at radius 3 is 2.68 bits per heavy atom. The molecule has 12 nitrogen and oxygen atoms in total. The van der Waals surface area contributed by atoms with Crippen molar-refractivity contribution in [1.82, 2.24) is 34.6 Å². The van der Waals surface area contributed by atoms with Gasteiger partial charge in [-0.05, 0) is 50.5 Å². The van der Waals surface area contributed by atoms with E-state index in [1.165, 1.54) is 6.08 Å². The molecule has 5 rings (SSSR count). The molecule has 41 heavy (non-hydrogen) atoms. The van der Waals surface area contributed by atoms with Gasteiger partial charge in [0.25, 0.3) is 0 Å². The van der Waals surface area contributed by atoms with Crippen molar-refractivity contribution < 1.29 is 9.53 Å². The van der Waals surface area contributed by atoms with Crippen LogP contribution in [0.4, 0.5) is 23.0 Å². The second-order valence-corrected chi connectivity index (χ2v) is 9.61. The molecule has 0 saturated heterocycles. The Kier molecular flexibility index (Phi) is 7.92. The van der Waals surface area contributed by atoms with Crippen LogP contribution in [0.15, 0.2) is 73.8 Å². The molecule has 0 spiro atoms. The van der Waals surface area contributed by atoms with Crippen molar-refractivity contribution in [2.45, 2.75) is 0 Å². The minimum Gasteiger partial charge on any atom is -0.494 e. The highest BCUT2D eigenvalue weighted by Gasteiger charge is 2.18. The number of nitrogens with one attached hydrogen (secondary N) is 3. The van der Waals surface area contributed by atoms with Gasteiger partial charge in [0.1, 0.15) is 11.6 Å². The maximum Gasteiger partial charge on any atom is 0.247 e. The van der Waals surface area contributed by atoms with Crippen LogP contribution in [-0.4, -0.2) is 81.9 Å². The Morgan fingerprint density at radius 2 is 1.95 bits per heavy atom.